The highest BCUT2D eigenvalue weighted by Crippen LogP contribution is 2.11. The number of hydrogen-bond acceptors (Lipinski definition) is 3. The molecule has 0 bridgehead atoms. The van der Waals surface area contributed by atoms with Crippen LogP contribution in [0.15, 0.2) is 12.3 Å². The average Bonchev–Trinajstić information content (AvgIpc) is 2.66. The molecule has 4 heteroatoms. The molecule has 0 spiro atoms. The summed E-state index contributed by atoms with van der Waals surface area (Å²) >= 11 is 0. The molecule has 0 aromatic carbocycles. The zero-order valence-electron chi connectivity index (χ0n) is 10.0. The lowest BCUT2D eigenvalue weighted by atomic mass is 10.1. The normalized spacial score (nSPS) is 18.3. The van der Waals surface area contributed by atoms with Crippen LogP contribution in [0.25, 0.3) is 0 Å². The van der Waals surface area contributed by atoms with Gasteiger partial charge in [-0.05, 0) is 32.9 Å². The average molecular weight is 221 g/mol. The smallest absolute Gasteiger partial charge is 0.146 e. The fourth-order valence-electron chi connectivity index (χ4n) is 2.02. The van der Waals surface area contributed by atoms with Gasteiger partial charge in [-0.1, -0.05) is 0 Å². The Morgan fingerprint density at radius 1 is 1.50 bits per heavy atom. The molecule has 0 N–H and O–H groups in total. The quantitative estimate of drug-likeness (QED) is 0.778. The van der Waals surface area contributed by atoms with Crippen molar-refractivity contribution in [2.24, 2.45) is 0 Å². The number of rotatable bonds is 3. The van der Waals surface area contributed by atoms with Gasteiger partial charge in [-0.2, -0.15) is 5.10 Å². The summed E-state index contributed by atoms with van der Waals surface area (Å²) in [7, 11) is 0. The van der Waals surface area contributed by atoms with Crippen LogP contribution in [0.4, 0.5) is 0 Å². The molecule has 4 nitrogen and oxygen atoms in total. The molecular weight excluding hydrogens is 202 g/mol. The third-order valence-electron chi connectivity index (χ3n) is 2.91. The number of carbonyl (C=O) groups is 1. The van der Waals surface area contributed by atoms with Crippen molar-refractivity contribution in [1.82, 2.24) is 14.7 Å². The van der Waals surface area contributed by atoms with E-state index < -0.39 is 0 Å². The van der Waals surface area contributed by atoms with Gasteiger partial charge in [-0.15, -0.1) is 0 Å². The second-order valence-corrected chi connectivity index (χ2v) is 4.73. The zero-order valence-corrected chi connectivity index (χ0v) is 10.0. The number of likely N-dealkylation sites (tertiary alicyclic amines) is 1. The van der Waals surface area contributed by atoms with Gasteiger partial charge in [-0.3, -0.25) is 14.4 Å². The van der Waals surface area contributed by atoms with Crippen molar-refractivity contribution in [3.63, 3.8) is 0 Å². The summed E-state index contributed by atoms with van der Waals surface area (Å²) < 4.78 is 1.96. The van der Waals surface area contributed by atoms with Crippen LogP contribution >= 0.6 is 0 Å². The Labute approximate surface area is 96.2 Å². The number of hydrogen-bond donors (Lipinski definition) is 0. The van der Waals surface area contributed by atoms with E-state index in [2.05, 4.69) is 23.8 Å². The molecule has 16 heavy (non-hydrogen) atoms. The third-order valence-corrected chi connectivity index (χ3v) is 2.91. The molecule has 1 fully saturated rings. The van der Waals surface area contributed by atoms with Crippen molar-refractivity contribution in [3.8, 4) is 0 Å². The molecule has 1 aliphatic heterocycles. The molecule has 0 atom stereocenters. The van der Waals surface area contributed by atoms with Crippen LogP contribution < -0.4 is 0 Å². The summed E-state index contributed by atoms with van der Waals surface area (Å²) in [4.78, 5) is 13.5. The van der Waals surface area contributed by atoms with Crippen LogP contribution in [0.1, 0.15) is 38.4 Å². The molecule has 0 amide bonds. The van der Waals surface area contributed by atoms with Crippen molar-refractivity contribution >= 4 is 5.78 Å². The summed E-state index contributed by atoms with van der Waals surface area (Å²) in [5.41, 5.74) is 1.06. The van der Waals surface area contributed by atoms with Gasteiger partial charge < -0.3 is 0 Å². The van der Waals surface area contributed by atoms with E-state index in [1.54, 1.807) is 0 Å². The molecule has 0 unspecified atom stereocenters. The maximum atomic E-state index is 11.3. The Balaban J connectivity index is 1.95. The van der Waals surface area contributed by atoms with Crippen LogP contribution in [0.3, 0.4) is 0 Å². The van der Waals surface area contributed by atoms with Gasteiger partial charge in [0.25, 0.3) is 0 Å². The molecule has 1 saturated heterocycles. The Kier molecular flexibility index (Phi) is 3.39. The van der Waals surface area contributed by atoms with Crippen molar-refractivity contribution in [2.45, 2.75) is 39.3 Å². The number of Topliss-reactive ketones (excluding diaryl/α,β-unsaturated/α-hetero) is 1. The fourth-order valence-corrected chi connectivity index (χ4v) is 2.02. The number of piperidine rings is 1. The molecule has 1 aromatic heterocycles. The first-order valence-corrected chi connectivity index (χ1v) is 5.93. The van der Waals surface area contributed by atoms with Gasteiger partial charge in [-0.25, -0.2) is 0 Å². The van der Waals surface area contributed by atoms with E-state index in [0.29, 0.717) is 18.4 Å². The minimum Gasteiger partial charge on any atom is -0.298 e. The van der Waals surface area contributed by atoms with E-state index in [1.165, 1.54) is 0 Å². The van der Waals surface area contributed by atoms with E-state index in [1.807, 2.05) is 16.9 Å². The first kappa shape index (κ1) is 11.3. The SMILES string of the molecule is CC(C)n1ccc(CN2CCCC(=O)C2)n1. The van der Waals surface area contributed by atoms with Gasteiger partial charge in [0.05, 0.1) is 12.2 Å². The predicted octanol–water partition coefficient (Wildman–Crippen LogP) is 1.63. The largest absolute Gasteiger partial charge is 0.298 e. The van der Waals surface area contributed by atoms with Crippen LogP contribution in [0.5, 0.6) is 0 Å². The van der Waals surface area contributed by atoms with Crippen molar-refractivity contribution in [2.75, 3.05) is 13.1 Å². The van der Waals surface area contributed by atoms with E-state index in [0.717, 1.165) is 31.6 Å². The molecule has 2 heterocycles. The van der Waals surface area contributed by atoms with E-state index in [4.69, 9.17) is 0 Å². The molecule has 2 rings (SSSR count). The first-order valence-electron chi connectivity index (χ1n) is 5.93. The molecule has 0 aliphatic carbocycles. The first-order chi connectivity index (χ1) is 7.65. The highest BCUT2D eigenvalue weighted by atomic mass is 16.1. The third kappa shape index (κ3) is 2.70. The monoisotopic (exact) mass is 221 g/mol. The summed E-state index contributed by atoms with van der Waals surface area (Å²) in [5.74, 6) is 0.356. The molecule has 1 aliphatic rings. The summed E-state index contributed by atoms with van der Waals surface area (Å²) in [6.07, 6.45) is 3.74. The van der Waals surface area contributed by atoms with Crippen molar-refractivity contribution < 1.29 is 4.79 Å². The Hall–Kier alpha value is -1.16. The molecule has 0 saturated carbocycles. The number of aromatic nitrogens is 2. The van der Waals surface area contributed by atoms with Gasteiger partial charge in [0, 0.05) is 25.2 Å². The second-order valence-electron chi connectivity index (χ2n) is 4.73. The summed E-state index contributed by atoms with van der Waals surface area (Å²) in [6, 6.07) is 2.44. The van der Waals surface area contributed by atoms with Gasteiger partial charge in [0.1, 0.15) is 5.78 Å². The molecule has 1 aromatic rings. The maximum absolute atomic E-state index is 11.3. The van der Waals surface area contributed by atoms with Gasteiger partial charge in [0.15, 0.2) is 0 Å². The van der Waals surface area contributed by atoms with Crippen molar-refractivity contribution in [1.29, 1.82) is 0 Å². The lowest BCUT2D eigenvalue weighted by Crippen LogP contribution is -2.35. The van der Waals surface area contributed by atoms with E-state index >= 15 is 0 Å². The lowest BCUT2D eigenvalue weighted by Gasteiger charge is -2.24. The lowest BCUT2D eigenvalue weighted by molar-refractivity contribution is -0.122. The predicted molar refractivity (Wildman–Crippen MR) is 62.1 cm³/mol. The van der Waals surface area contributed by atoms with Crippen LogP contribution in [0, 0.1) is 0 Å². The van der Waals surface area contributed by atoms with Crippen LogP contribution in [-0.4, -0.2) is 33.6 Å². The number of nitrogens with zero attached hydrogens (tertiary/aromatic N) is 3. The summed E-state index contributed by atoms with van der Waals surface area (Å²) in [5, 5.41) is 4.49. The topological polar surface area (TPSA) is 38.1 Å². The van der Waals surface area contributed by atoms with E-state index in [9.17, 15) is 4.79 Å². The van der Waals surface area contributed by atoms with Crippen LogP contribution in [0.2, 0.25) is 0 Å². The van der Waals surface area contributed by atoms with E-state index in [-0.39, 0.29) is 0 Å². The molecular formula is C12H19N3O. The Bertz CT molecular complexity index is 370. The van der Waals surface area contributed by atoms with Gasteiger partial charge in [0.2, 0.25) is 0 Å². The minimum atomic E-state index is 0.356. The Morgan fingerprint density at radius 2 is 2.31 bits per heavy atom. The van der Waals surface area contributed by atoms with Crippen molar-refractivity contribution in [3.05, 3.63) is 18.0 Å². The second kappa shape index (κ2) is 4.78. The van der Waals surface area contributed by atoms with Gasteiger partial charge >= 0.3 is 0 Å². The minimum absolute atomic E-state index is 0.356. The highest BCUT2D eigenvalue weighted by molar-refractivity contribution is 5.81. The Morgan fingerprint density at radius 3 is 2.94 bits per heavy atom. The highest BCUT2D eigenvalue weighted by Gasteiger charge is 2.17. The van der Waals surface area contributed by atoms with Crippen LogP contribution in [-0.2, 0) is 11.3 Å². The standard InChI is InChI=1S/C12H19N3O/c1-10(2)15-7-5-11(13-15)8-14-6-3-4-12(16)9-14/h5,7,10H,3-4,6,8-9H2,1-2H3. The number of carbonyl (C=O) groups excluding carboxylic acids is 1. The zero-order chi connectivity index (χ0) is 11.5. The fraction of sp³-hybridized carbons (Fsp3) is 0.667. The number of ketones is 1. The summed E-state index contributed by atoms with van der Waals surface area (Å²) in [6.45, 7) is 6.63. The molecule has 0 radical (unpaired) electrons. The maximum Gasteiger partial charge on any atom is 0.146 e. The molecule has 88 valence electrons.